The van der Waals surface area contributed by atoms with Crippen molar-refractivity contribution in [1.82, 2.24) is 19.8 Å². The molecule has 0 spiro atoms. The lowest BCUT2D eigenvalue weighted by molar-refractivity contribution is -0.183. The molecule has 9 nitrogen and oxygen atoms in total. The summed E-state index contributed by atoms with van der Waals surface area (Å²) in [6.45, 7) is 9.64. The molecule has 0 aromatic heterocycles. The van der Waals surface area contributed by atoms with E-state index in [-0.39, 0.29) is 30.6 Å². The summed E-state index contributed by atoms with van der Waals surface area (Å²) in [5.41, 5.74) is 1.55. The van der Waals surface area contributed by atoms with Crippen molar-refractivity contribution in [3.05, 3.63) is 46.8 Å². The summed E-state index contributed by atoms with van der Waals surface area (Å²) >= 11 is 6.50. The number of amides is 3. The fourth-order valence-corrected chi connectivity index (χ4v) is 4.22. The molecule has 4 rings (SSSR count). The van der Waals surface area contributed by atoms with Crippen LogP contribution in [-0.2, 0) is 25.7 Å². The minimum Gasteiger partial charge on any atom is -0.378 e. The molecular weight excluding hydrogens is 436 g/mol. The number of hydrogen-bond acceptors (Lipinski definition) is 7. The SMILES string of the molecule is C=C(ON1C(=O)CCC1=O)N1CCN(Cc2ccc(C(=O)N3CCOCC3)cc2Cl)CC1. The Morgan fingerprint density at radius 1 is 1.00 bits per heavy atom. The lowest BCUT2D eigenvalue weighted by Crippen LogP contribution is -2.46. The van der Waals surface area contributed by atoms with Crippen LogP contribution >= 0.6 is 11.6 Å². The highest BCUT2D eigenvalue weighted by Crippen LogP contribution is 2.23. The third kappa shape index (κ3) is 5.06. The molecule has 3 fully saturated rings. The van der Waals surface area contributed by atoms with Crippen LogP contribution in [0.2, 0.25) is 5.02 Å². The molecule has 172 valence electrons. The number of hydrogen-bond donors (Lipinski definition) is 0. The highest BCUT2D eigenvalue weighted by Gasteiger charge is 2.33. The molecule has 0 radical (unpaired) electrons. The van der Waals surface area contributed by atoms with Gasteiger partial charge in [0.2, 0.25) is 5.88 Å². The van der Waals surface area contributed by atoms with Gasteiger partial charge in [-0.15, -0.1) is 5.06 Å². The summed E-state index contributed by atoms with van der Waals surface area (Å²) in [5.74, 6) is -0.388. The number of carbonyl (C=O) groups is 3. The van der Waals surface area contributed by atoms with Crippen LogP contribution in [-0.4, -0.2) is 90.0 Å². The zero-order valence-corrected chi connectivity index (χ0v) is 18.7. The van der Waals surface area contributed by atoms with Gasteiger partial charge in [0.1, 0.15) is 0 Å². The van der Waals surface area contributed by atoms with E-state index in [0.717, 1.165) is 23.7 Å². The second kappa shape index (κ2) is 9.89. The number of nitrogens with zero attached hydrogens (tertiary/aromatic N) is 4. The van der Waals surface area contributed by atoms with E-state index in [9.17, 15) is 14.4 Å². The van der Waals surface area contributed by atoms with E-state index < -0.39 is 0 Å². The standard InChI is InChI=1S/C22H27ClN4O5/c1-16(32-27-20(28)4-5-21(27)29)25-8-6-24(7-9-25)15-18-3-2-17(14-19(18)23)22(30)26-10-12-31-13-11-26/h2-3,14H,1,4-13,15H2. The Morgan fingerprint density at radius 2 is 1.66 bits per heavy atom. The van der Waals surface area contributed by atoms with Crippen LogP contribution in [0.5, 0.6) is 0 Å². The summed E-state index contributed by atoms with van der Waals surface area (Å²) in [7, 11) is 0. The summed E-state index contributed by atoms with van der Waals surface area (Å²) < 4.78 is 5.30. The van der Waals surface area contributed by atoms with E-state index in [4.69, 9.17) is 21.2 Å². The molecule has 3 aliphatic rings. The third-order valence-corrected chi connectivity index (χ3v) is 6.27. The number of benzene rings is 1. The number of imide groups is 1. The Hall–Kier alpha value is -2.62. The molecule has 3 saturated heterocycles. The smallest absolute Gasteiger partial charge is 0.264 e. The molecule has 32 heavy (non-hydrogen) atoms. The maximum absolute atomic E-state index is 12.6. The van der Waals surface area contributed by atoms with Gasteiger partial charge in [0.25, 0.3) is 17.7 Å². The van der Waals surface area contributed by atoms with E-state index in [0.29, 0.717) is 62.4 Å². The molecule has 3 amide bonds. The first kappa shape index (κ1) is 22.6. The van der Waals surface area contributed by atoms with Crippen LogP contribution in [0.15, 0.2) is 30.7 Å². The summed E-state index contributed by atoms with van der Waals surface area (Å²) in [4.78, 5) is 47.4. The molecule has 0 atom stereocenters. The van der Waals surface area contributed by atoms with Gasteiger partial charge in [0.05, 0.1) is 13.2 Å². The van der Waals surface area contributed by atoms with E-state index in [1.165, 1.54) is 0 Å². The number of halogens is 1. The minimum atomic E-state index is -0.333. The van der Waals surface area contributed by atoms with Crippen LogP contribution in [0.1, 0.15) is 28.8 Å². The first-order valence-corrected chi connectivity index (χ1v) is 11.2. The van der Waals surface area contributed by atoms with Gasteiger partial charge in [-0.25, -0.2) is 0 Å². The average molecular weight is 463 g/mol. The van der Waals surface area contributed by atoms with Gasteiger partial charge >= 0.3 is 0 Å². The Labute approximate surface area is 192 Å². The Kier molecular flexibility index (Phi) is 6.98. The number of morpholine rings is 1. The molecule has 0 saturated carbocycles. The van der Waals surface area contributed by atoms with Gasteiger partial charge in [0, 0.05) is 69.2 Å². The third-order valence-electron chi connectivity index (χ3n) is 5.92. The first-order chi connectivity index (χ1) is 15.4. The van der Waals surface area contributed by atoms with E-state index in [1.54, 1.807) is 11.0 Å². The molecule has 10 heteroatoms. The summed E-state index contributed by atoms with van der Waals surface area (Å²) in [6, 6.07) is 5.48. The normalized spacial score (nSPS) is 20.1. The van der Waals surface area contributed by atoms with Crippen LogP contribution in [0.3, 0.4) is 0 Å². The lowest BCUT2D eigenvalue weighted by atomic mass is 10.1. The minimum absolute atomic E-state index is 0.0242. The molecular formula is C22H27ClN4O5. The molecule has 3 aliphatic heterocycles. The number of piperazine rings is 1. The van der Waals surface area contributed by atoms with Gasteiger partial charge < -0.3 is 19.4 Å². The molecule has 3 heterocycles. The average Bonchev–Trinajstić information content (AvgIpc) is 3.13. The van der Waals surface area contributed by atoms with E-state index in [1.807, 2.05) is 17.0 Å². The molecule has 0 unspecified atom stereocenters. The quantitative estimate of drug-likeness (QED) is 0.467. The Morgan fingerprint density at radius 3 is 2.28 bits per heavy atom. The molecule has 1 aromatic carbocycles. The highest BCUT2D eigenvalue weighted by molar-refractivity contribution is 6.31. The van der Waals surface area contributed by atoms with Crippen LogP contribution < -0.4 is 0 Å². The number of ether oxygens (including phenoxy) is 1. The van der Waals surface area contributed by atoms with Crippen molar-refractivity contribution in [2.75, 3.05) is 52.5 Å². The maximum Gasteiger partial charge on any atom is 0.264 e. The second-order valence-corrected chi connectivity index (χ2v) is 8.45. The summed E-state index contributed by atoms with van der Waals surface area (Å²) in [5, 5.41) is 1.39. The van der Waals surface area contributed by atoms with Gasteiger partial charge in [-0.3, -0.25) is 19.3 Å². The fraction of sp³-hybridized carbons (Fsp3) is 0.500. The van der Waals surface area contributed by atoms with Crippen molar-refractivity contribution in [2.45, 2.75) is 19.4 Å². The number of hydroxylamine groups is 2. The van der Waals surface area contributed by atoms with Crippen molar-refractivity contribution in [3.8, 4) is 0 Å². The monoisotopic (exact) mass is 462 g/mol. The van der Waals surface area contributed by atoms with E-state index in [2.05, 4.69) is 11.5 Å². The lowest BCUT2D eigenvalue weighted by Gasteiger charge is -2.36. The van der Waals surface area contributed by atoms with Crippen LogP contribution in [0.4, 0.5) is 0 Å². The van der Waals surface area contributed by atoms with Crippen molar-refractivity contribution in [3.63, 3.8) is 0 Å². The summed E-state index contributed by atoms with van der Waals surface area (Å²) in [6.07, 6.45) is 0.356. The van der Waals surface area contributed by atoms with Gasteiger partial charge in [-0.05, 0) is 24.3 Å². The van der Waals surface area contributed by atoms with Crippen LogP contribution in [0.25, 0.3) is 0 Å². The first-order valence-electron chi connectivity index (χ1n) is 10.8. The van der Waals surface area contributed by atoms with Crippen molar-refractivity contribution in [1.29, 1.82) is 0 Å². The number of carbonyl (C=O) groups excluding carboxylic acids is 3. The zero-order chi connectivity index (χ0) is 22.7. The van der Waals surface area contributed by atoms with Crippen molar-refractivity contribution in [2.24, 2.45) is 0 Å². The zero-order valence-electron chi connectivity index (χ0n) is 17.9. The maximum atomic E-state index is 12.6. The molecule has 0 aliphatic carbocycles. The predicted molar refractivity (Wildman–Crippen MR) is 116 cm³/mol. The fourth-order valence-electron chi connectivity index (χ4n) is 3.97. The predicted octanol–water partition coefficient (Wildman–Crippen LogP) is 1.48. The van der Waals surface area contributed by atoms with Gasteiger partial charge in [0.15, 0.2) is 0 Å². The topological polar surface area (TPSA) is 82.6 Å². The van der Waals surface area contributed by atoms with E-state index >= 15 is 0 Å². The Balaban J connectivity index is 1.28. The van der Waals surface area contributed by atoms with Crippen LogP contribution in [0, 0.1) is 0 Å². The van der Waals surface area contributed by atoms with Gasteiger partial charge in [-0.1, -0.05) is 17.7 Å². The molecule has 1 aromatic rings. The van der Waals surface area contributed by atoms with Gasteiger partial charge in [-0.2, -0.15) is 0 Å². The number of rotatable bonds is 6. The van der Waals surface area contributed by atoms with Crippen molar-refractivity contribution < 1.29 is 24.0 Å². The molecule has 0 N–H and O–H groups in total. The highest BCUT2D eigenvalue weighted by atomic mass is 35.5. The Bertz CT molecular complexity index is 894. The largest absolute Gasteiger partial charge is 0.378 e. The molecule has 0 bridgehead atoms. The second-order valence-electron chi connectivity index (χ2n) is 8.04. The van der Waals surface area contributed by atoms with Crippen molar-refractivity contribution >= 4 is 29.3 Å².